The highest BCUT2D eigenvalue weighted by Gasteiger charge is 2.33. The Labute approximate surface area is 128 Å². The first-order valence-electron chi connectivity index (χ1n) is 6.11. The number of nitrogens with zero attached hydrogens (tertiary/aromatic N) is 1. The Kier molecular flexibility index (Phi) is 5.69. The van der Waals surface area contributed by atoms with Crippen molar-refractivity contribution in [1.29, 1.82) is 0 Å². The van der Waals surface area contributed by atoms with Crippen molar-refractivity contribution in [3.8, 4) is 0 Å². The third kappa shape index (κ3) is 3.70. The average molecular weight is 354 g/mol. The molecule has 1 fully saturated rings. The van der Waals surface area contributed by atoms with Crippen LogP contribution in [0.4, 0.5) is 0 Å². The largest absolute Gasteiger partial charge is 0.327 e. The molecule has 0 spiro atoms. The highest BCUT2D eigenvalue weighted by Crippen LogP contribution is 2.32. The number of rotatable bonds is 2. The van der Waals surface area contributed by atoms with Crippen LogP contribution in [0.1, 0.15) is 30.7 Å². The fourth-order valence-corrected chi connectivity index (χ4v) is 4.11. The fraction of sp³-hybridized carbons (Fsp3) is 0.692. The van der Waals surface area contributed by atoms with Crippen molar-refractivity contribution in [1.82, 2.24) is 4.90 Å². The van der Waals surface area contributed by atoms with E-state index in [-0.39, 0.29) is 17.8 Å². The van der Waals surface area contributed by atoms with Crippen LogP contribution in [-0.2, 0) is 6.54 Å². The van der Waals surface area contributed by atoms with Gasteiger partial charge in [-0.1, -0.05) is 13.8 Å². The van der Waals surface area contributed by atoms with Crippen molar-refractivity contribution in [2.45, 2.75) is 39.8 Å². The predicted molar refractivity (Wildman–Crippen MR) is 85.7 cm³/mol. The Morgan fingerprint density at radius 2 is 2.22 bits per heavy atom. The molecule has 1 atom stereocenters. The van der Waals surface area contributed by atoms with Crippen molar-refractivity contribution >= 4 is 39.7 Å². The van der Waals surface area contributed by atoms with Crippen LogP contribution >= 0.6 is 39.7 Å². The first-order chi connectivity index (χ1) is 7.88. The van der Waals surface area contributed by atoms with E-state index in [1.165, 1.54) is 14.2 Å². The summed E-state index contributed by atoms with van der Waals surface area (Å²) >= 11 is 5.45. The van der Waals surface area contributed by atoms with Crippen molar-refractivity contribution in [2.75, 3.05) is 13.1 Å². The first-order valence-corrected chi connectivity index (χ1v) is 7.72. The highest BCUT2D eigenvalue weighted by atomic mass is 79.9. The van der Waals surface area contributed by atoms with Crippen LogP contribution < -0.4 is 5.73 Å². The lowest BCUT2D eigenvalue weighted by atomic mass is 9.80. The second-order valence-corrected chi connectivity index (χ2v) is 8.22. The van der Waals surface area contributed by atoms with E-state index in [4.69, 9.17) is 5.73 Å². The summed E-state index contributed by atoms with van der Waals surface area (Å²) < 4.78 is 1.26. The lowest BCUT2D eigenvalue weighted by Gasteiger charge is -2.42. The molecule has 1 aliphatic heterocycles. The Balaban J connectivity index is 0.00000162. The van der Waals surface area contributed by atoms with Gasteiger partial charge in [-0.2, -0.15) is 0 Å². The van der Waals surface area contributed by atoms with Gasteiger partial charge in [0.1, 0.15) is 0 Å². The normalized spacial score (nSPS) is 23.7. The monoisotopic (exact) mass is 352 g/mol. The van der Waals surface area contributed by atoms with Gasteiger partial charge in [-0.15, -0.1) is 23.7 Å². The standard InChI is InChI=1S/C13H21BrN2S.ClH/c1-9-6-10(17-12(9)14)7-16-5-4-11(15)13(2,3)8-16;/h6,11H,4-5,7-8,15H2,1-3H3;1H. The number of hydrogen-bond donors (Lipinski definition) is 1. The predicted octanol–water partition coefficient (Wildman–Crippen LogP) is 3.80. The number of likely N-dealkylation sites (tertiary alicyclic amines) is 1. The van der Waals surface area contributed by atoms with Crippen LogP contribution in [0.15, 0.2) is 9.85 Å². The Bertz CT molecular complexity index is 386. The Morgan fingerprint density at radius 1 is 1.56 bits per heavy atom. The molecule has 2 rings (SSSR count). The molecular weight excluding hydrogens is 332 g/mol. The van der Waals surface area contributed by atoms with Gasteiger partial charge < -0.3 is 5.73 Å². The lowest BCUT2D eigenvalue weighted by Crippen LogP contribution is -2.51. The van der Waals surface area contributed by atoms with Crippen LogP contribution in [0.3, 0.4) is 0 Å². The highest BCUT2D eigenvalue weighted by molar-refractivity contribution is 9.11. The zero-order valence-corrected chi connectivity index (χ0v) is 14.4. The summed E-state index contributed by atoms with van der Waals surface area (Å²) in [6.07, 6.45) is 1.11. The van der Waals surface area contributed by atoms with E-state index < -0.39 is 0 Å². The van der Waals surface area contributed by atoms with Crippen LogP contribution in [0.25, 0.3) is 0 Å². The summed E-state index contributed by atoms with van der Waals surface area (Å²) in [6, 6.07) is 2.63. The number of piperidine rings is 1. The minimum Gasteiger partial charge on any atom is -0.327 e. The molecule has 0 aromatic carbocycles. The topological polar surface area (TPSA) is 29.3 Å². The second kappa shape index (κ2) is 6.23. The van der Waals surface area contributed by atoms with E-state index in [0.29, 0.717) is 6.04 Å². The molecule has 1 aliphatic rings. The lowest BCUT2D eigenvalue weighted by molar-refractivity contribution is 0.0907. The third-order valence-corrected chi connectivity index (χ3v) is 5.80. The fourth-order valence-electron chi connectivity index (χ4n) is 2.44. The Morgan fingerprint density at radius 3 is 2.72 bits per heavy atom. The maximum Gasteiger partial charge on any atom is 0.0730 e. The minimum absolute atomic E-state index is 0. The van der Waals surface area contributed by atoms with Gasteiger partial charge in [-0.05, 0) is 46.3 Å². The molecule has 0 radical (unpaired) electrons. The van der Waals surface area contributed by atoms with E-state index in [9.17, 15) is 0 Å². The van der Waals surface area contributed by atoms with Crippen LogP contribution in [-0.4, -0.2) is 24.0 Å². The molecule has 1 aromatic rings. The molecule has 0 bridgehead atoms. The van der Waals surface area contributed by atoms with Crippen molar-refractivity contribution < 1.29 is 0 Å². The Hall–Kier alpha value is 0.390. The molecular formula is C13H22BrClN2S. The van der Waals surface area contributed by atoms with Gasteiger partial charge in [0.05, 0.1) is 3.79 Å². The summed E-state index contributed by atoms with van der Waals surface area (Å²) in [5, 5.41) is 0. The molecule has 2 nitrogen and oxygen atoms in total. The van der Waals surface area contributed by atoms with E-state index in [1.807, 2.05) is 11.3 Å². The van der Waals surface area contributed by atoms with Crippen molar-refractivity contribution in [3.05, 3.63) is 20.3 Å². The van der Waals surface area contributed by atoms with Gasteiger partial charge in [0.2, 0.25) is 0 Å². The smallest absolute Gasteiger partial charge is 0.0730 e. The van der Waals surface area contributed by atoms with E-state index >= 15 is 0 Å². The van der Waals surface area contributed by atoms with E-state index in [2.05, 4.69) is 47.7 Å². The average Bonchev–Trinajstić information content (AvgIpc) is 2.52. The van der Waals surface area contributed by atoms with Gasteiger partial charge in [0, 0.05) is 30.6 Å². The van der Waals surface area contributed by atoms with Crippen molar-refractivity contribution in [3.63, 3.8) is 0 Å². The zero-order chi connectivity index (χ0) is 12.6. The van der Waals surface area contributed by atoms with Crippen LogP contribution in [0.2, 0.25) is 0 Å². The molecule has 0 amide bonds. The molecule has 0 aliphatic carbocycles. The number of nitrogens with two attached hydrogens (primary N) is 1. The zero-order valence-electron chi connectivity index (χ0n) is 11.2. The second-order valence-electron chi connectivity index (χ2n) is 5.76. The molecule has 2 N–H and O–H groups in total. The first kappa shape index (κ1) is 16.4. The number of thiophene rings is 1. The van der Waals surface area contributed by atoms with E-state index in [0.717, 1.165) is 26.1 Å². The van der Waals surface area contributed by atoms with Crippen molar-refractivity contribution in [2.24, 2.45) is 11.1 Å². The molecule has 1 unspecified atom stereocenters. The minimum atomic E-state index is 0. The van der Waals surface area contributed by atoms with Crippen LogP contribution in [0.5, 0.6) is 0 Å². The molecule has 1 aromatic heterocycles. The number of aryl methyl sites for hydroxylation is 1. The van der Waals surface area contributed by atoms with Crippen LogP contribution in [0, 0.1) is 12.3 Å². The van der Waals surface area contributed by atoms with Gasteiger partial charge in [-0.3, -0.25) is 4.90 Å². The summed E-state index contributed by atoms with van der Waals surface area (Å²) in [6.45, 7) is 9.99. The SMILES string of the molecule is Cc1cc(CN2CCC(N)C(C)(C)C2)sc1Br.Cl. The summed E-state index contributed by atoms with van der Waals surface area (Å²) in [5.41, 5.74) is 7.75. The van der Waals surface area contributed by atoms with Gasteiger partial charge in [-0.25, -0.2) is 0 Å². The summed E-state index contributed by atoms with van der Waals surface area (Å²) in [5.74, 6) is 0. The van der Waals surface area contributed by atoms with E-state index in [1.54, 1.807) is 0 Å². The van der Waals surface area contributed by atoms with Gasteiger partial charge in [0.25, 0.3) is 0 Å². The quantitative estimate of drug-likeness (QED) is 0.876. The molecule has 18 heavy (non-hydrogen) atoms. The number of hydrogen-bond acceptors (Lipinski definition) is 3. The summed E-state index contributed by atoms with van der Waals surface area (Å²) in [7, 11) is 0. The van der Waals surface area contributed by atoms with Gasteiger partial charge >= 0.3 is 0 Å². The molecule has 2 heterocycles. The third-order valence-electron chi connectivity index (χ3n) is 3.68. The summed E-state index contributed by atoms with van der Waals surface area (Å²) in [4.78, 5) is 3.97. The maximum absolute atomic E-state index is 6.16. The maximum atomic E-state index is 6.16. The molecule has 104 valence electrons. The number of halogens is 2. The molecule has 5 heteroatoms. The molecule has 1 saturated heterocycles. The van der Waals surface area contributed by atoms with Gasteiger partial charge in [0.15, 0.2) is 0 Å². The molecule has 0 saturated carbocycles.